The number of hydrogen-bond donors (Lipinski definition) is 2. The third-order valence-electron chi connectivity index (χ3n) is 6.54. The zero-order chi connectivity index (χ0) is 29.2. The molecule has 4 heterocycles. The summed E-state index contributed by atoms with van der Waals surface area (Å²) in [5, 5.41) is 2.58. The Morgan fingerprint density at radius 2 is 1.76 bits per heavy atom. The summed E-state index contributed by atoms with van der Waals surface area (Å²) >= 11 is 0. The summed E-state index contributed by atoms with van der Waals surface area (Å²) in [7, 11) is 1.19. The first-order valence-corrected chi connectivity index (χ1v) is 12.7. The SMILES string of the molecule is COC(=O)c1ccc(C(=O)Nc2ccc(-n3c(-c4cccnc4N)nc4ccc(-c5ccccc5)nc43)cn2)c(F)c1. The number of methoxy groups -OCH3 is 1. The molecular formula is C31H22FN7O3. The minimum atomic E-state index is -0.865. The number of halogens is 1. The van der Waals surface area contributed by atoms with Gasteiger partial charge in [0.25, 0.3) is 5.91 Å². The van der Waals surface area contributed by atoms with E-state index in [1.165, 1.54) is 19.2 Å². The van der Waals surface area contributed by atoms with Gasteiger partial charge < -0.3 is 15.8 Å². The Hall–Kier alpha value is -5.97. The number of ether oxygens (including phenoxy) is 1. The fourth-order valence-corrected chi connectivity index (χ4v) is 4.48. The van der Waals surface area contributed by atoms with Crippen molar-refractivity contribution in [3.05, 3.63) is 114 Å². The highest BCUT2D eigenvalue weighted by Gasteiger charge is 2.20. The molecule has 0 radical (unpaired) electrons. The number of esters is 1. The predicted octanol–water partition coefficient (Wildman–Crippen LogP) is 5.30. The predicted molar refractivity (Wildman–Crippen MR) is 155 cm³/mol. The van der Waals surface area contributed by atoms with Gasteiger partial charge in [0, 0.05) is 11.8 Å². The molecule has 206 valence electrons. The molecule has 0 spiro atoms. The number of nitrogens with one attached hydrogen (secondary N) is 1. The van der Waals surface area contributed by atoms with Crippen LogP contribution in [0.3, 0.4) is 0 Å². The molecule has 4 aromatic heterocycles. The van der Waals surface area contributed by atoms with Crippen LogP contribution in [0.1, 0.15) is 20.7 Å². The smallest absolute Gasteiger partial charge is 0.337 e. The number of carbonyl (C=O) groups is 2. The van der Waals surface area contributed by atoms with Gasteiger partial charge in [-0.25, -0.2) is 29.1 Å². The summed E-state index contributed by atoms with van der Waals surface area (Å²) in [5.74, 6) is -1.30. The number of amides is 1. The van der Waals surface area contributed by atoms with E-state index < -0.39 is 17.7 Å². The van der Waals surface area contributed by atoms with Crippen molar-refractivity contribution in [3.8, 4) is 28.3 Å². The lowest BCUT2D eigenvalue weighted by molar-refractivity contribution is 0.0599. The molecule has 0 fully saturated rings. The third kappa shape index (κ3) is 4.90. The number of pyridine rings is 3. The summed E-state index contributed by atoms with van der Waals surface area (Å²) in [4.78, 5) is 42.7. The highest BCUT2D eigenvalue weighted by molar-refractivity contribution is 6.04. The van der Waals surface area contributed by atoms with Crippen LogP contribution in [0.4, 0.5) is 16.0 Å². The normalized spacial score (nSPS) is 10.9. The monoisotopic (exact) mass is 559 g/mol. The van der Waals surface area contributed by atoms with Gasteiger partial charge in [-0.1, -0.05) is 30.3 Å². The molecule has 10 nitrogen and oxygen atoms in total. The van der Waals surface area contributed by atoms with E-state index in [4.69, 9.17) is 15.7 Å². The topological polar surface area (TPSA) is 138 Å². The Balaban J connectivity index is 1.38. The lowest BCUT2D eigenvalue weighted by Gasteiger charge is -2.11. The maximum absolute atomic E-state index is 14.6. The zero-order valence-corrected chi connectivity index (χ0v) is 22.2. The Morgan fingerprint density at radius 1 is 0.929 bits per heavy atom. The number of nitrogens with zero attached hydrogens (tertiary/aromatic N) is 5. The molecule has 0 aliphatic carbocycles. The number of nitrogens with two attached hydrogens (primary N) is 1. The van der Waals surface area contributed by atoms with E-state index in [2.05, 4.69) is 20.0 Å². The summed E-state index contributed by atoms with van der Waals surface area (Å²) in [5.41, 5.74) is 10.1. The quantitative estimate of drug-likeness (QED) is 0.262. The van der Waals surface area contributed by atoms with Gasteiger partial charge in [-0.3, -0.25) is 9.36 Å². The number of nitrogen functional groups attached to an aromatic ring is 1. The molecule has 42 heavy (non-hydrogen) atoms. The Kier molecular flexibility index (Phi) is 6.81. The lowest BCUT2D eigenvalue weighted by Crippen LogP contribution is -2.15. The molecule has 0 aliphatic rings. The van der Waals surface area contributed by atoms with Crippen LogP contribution in [0.2, 0.25) is 0 Å². The van der Waals surface area contributed by atoms with Crippen LogP contribution in [-0.4, -0.2) is 43.5 Å². The van der Waals surface area contributed by atoms with E-state index in [9.17, 15) is 14.0 Å². The van der Waals surface area contributed by atoms with Gasteiger partial charge in [-0.2, -0.15) is 0 Å². The van der Waals surface area contributed by atoms with Crippen molar-refractivity contribution in [2.75, 3.05) is 18.2 Å². The number of benzene rings is 2. The number of aromatic nitrogens is 5. The molecule has 0 atom stereocenters. The van der Waals surface area contributed by atoms with Crippen molar-refractivity contribution >= 4 is 34.7 Å². The maximum Gasteiger partial charge on any atom is 0.337 e. The molecule has 0 aliphatic heterocycles. The number of anilines is 2. The first-order valence-electron chi connectivity index (χ1n) is 12.7. The number of rotatable bonds is 6. The first-order chi connectivity index (χ1) is 20.4. The van der Waals surface area contributed by atoms with Crippen molar-refractivity contribution < 1.29 is 18.7 Å². The third-order valence-corrected chi connectivity index (χ3v) is 6.54. The van der Waals surface area contributed by atoms with Crippen molar-refractivity contribution in [2.24, 2.45) is 0 Å². The molecule has 3 N–H and O–H groups in total. The molecule has 2 aromatic carbocycles. The van der Waals surface area contributed by atoms with Crippen LogP contribution in [0, 0.1) is 5.82 Å². The molecule has 0 unspecified atom stereocenters. The highest BCUT2D eigenvalue weighted by Crippen LogP contribution is 2.31. The van der Waals surface area contributed by atoms with Gasteiger partial charge in [0.1, 0.15) is 23.0 Å². The molecule has 0 saturated heterocycles. The van der Waals surface area contributed by atoms with Gasteiger partial charge in [0.05, 0.1) is 41.4 Å². The molecule has 11 heteroatoms. The fraction of sp³-hybridized carbons (Fsp3) is 0.0323. The molecule has 0 saturated carbocycles. The molecular weight excluding hydrogens is 537 g/mol. The Labute approximate surface area is 238 Å². The average molecular weight is 560 g/mol. The van der Waals surface area contributed by atoms with E-state index in [1.54, 1.807) is 30.6 Å². The number of hydrogen-bond acceptors (Lipinski definition) is 8. The van der Waals surface area contributed by atoms with Crippen LogP contribution in [0.15, 0.2) is 97.3 Å². The van der Waals surface area contributed by atoms with Gasteiger partial charge in [0.15, 0.2) is 11.5 Å². The molecule has 6 rings (SSSR count). The van der Waals surface area contributed by atoms with E-state index in [-0.39, 0.29) is 16.9 Å². The van der Waals surface area contributed by atoms with Gasteiger partial charge >= 0.3 is 5.97 Å². The first kappa shape index (κ1) is 26.3. The summed E-state index contributed by atoms with van der Waals surface area (Å²) in [6.45, 7) is 0. The summed E-state index contributed by atoms with van der Waals surface area (Å²) in [6, 6.07) is 23.9. The van der Waals surface area contributed by atoms with Crippen LogP contribution in [0.25, 0.3) is 39.5 Å². The molecule has 1 amide bonds. The van der Waals surface area contributed by atoms with E-state index in [0.717, 1.165) is 17.3 Å². The molecule has 0 bridgehead atoms. The molecule has 6 aromatic rings. The van der Waals surface area contributed by atoms with Crippen molar-refractivity contribution in [1.29, 1.82) is 0 Å². The maximum atomic E-state index is 14.6. The second kappa shape index (κ2) is 10.9. The van der Waals surface area contributed by atoms with Gasteiger partial charge in [-0.05, 0) is 54.6 Å². The number of fused-ring (bicyclic) bond motifs is 1. The second-order valence-corrected chi connectivity index (χ2v) is 9.15. The van der Waals surface area contributed by atoms with Crippen molar-refractivity contribution in [1.82, 2.24) is 24.5 Å². The van der Waals surface area contributed by atoms with Gasteiger partial charge in [-0.15, -0.1) is 0 Å². The van der Waals surface area contributed by atoms with Crippen LogP contribution >= 0.6 is 0 Å². The summed E-state index contributed by atoms with van der Waals surface area (Å²) < 4.78 is 21.0. The standard InChI is InChI=1S/C31H22FN7O3/c1-42-31(41)19-9-11-21(23(32)16-19)30(40)38-26-14-10-20(17-35-26)39-28(22-8-5-15-34-27(22)33)37-25-13-12-24(36-29(25)39)18-6-3-2-4-7-18/h2-17H,1H3,(H2,33,34)(H,35,38,40). The van der Waals surface area contributed by atoms with Crippen molar-refractivity contribution in [3.63, 3.8) is 0 Å². The van der Waals surface area contributed by atoms with Crippen LogP contribution in [0.5, 0.6) is 0 Å². The Bertz CT molecular complexity index is 1960. The average Bonchev–Trinajstić information content (AvgIpc) is 3.40. The van der Waals surface area contributed by atoms with Crippen LogP contribution < -0.4 is 11.1 Å². The minimum Gasteiger partial charge on any atom is -0.465 e. The van der Waals surface area contributed by atoms with Gasteiger partial charge in [0.2, 0.25) is 0 Å². The lowest BCUT2D eigenvalue weighted by atomic mass is 10.1. The summed E-state index contributed by atoms with van der Waals surface area (Å²) in [6.07, 6.45) is 3.14. The fourth-order valence-electron chi connectivity index (χ4n) is 4.48. The van der Waals surface area contributed by atoms with Crippen molar-refractivity contribution in [2.45, 2.75) is 0 Å². The Morgan fingerprint density at radius 3 is 2.48 bits per heavy atom. The van der Waals surface area contributed by atoms with Crippen LogP contribution in [-0.2, 0) is 4.74 Å². The van der Waals surface area contributed by atoms with E-state index >= 15 is 0 Å². The number of carbonyl (C=O) groups excluding carboxylic acids is 2. The van der Waals surface area contributed by atoms with E-state index in [1.807, 2.05) is 53.1 Å². The largest absolute Gasteiger partial charge is 0.465 e. The minimum absolute atomic E-state index is 0.00400. The van der Waals surface area contributed by atoms with E-state index in [0.29, 0.717) is 34.1 Å². The second-order valence-electron chi connectivity index (χ2n) is 9.15. The zero-order valence-electron chi connectivity index (χ0n) is 22.2. The number of imidazole rings is 1. The highest BCUT2D eigenvalue weighted by atomic mass is 19.1.